The van der Waals surface area contributed by atoms with Gasteiger partial charge in [0.2, 0.25) is 0 Å². The lowest BCUT2D eigenvalue weighted by Crippen LogP contribution is -2.43. The summed E-state index contributed by atoms with van der Waals surface area (Å²) in [7, 11) is -3.28. The molecule has 1 heterocycles. The van der Waals surface area contributed by atoms with Gasteiger partial charge in [-0.3, -0.25) is 4.79 Å². The summed E-state index contributed by atoms with van der Waals surface area (Å²) in [6.07, 6.45) is 2.38. The van der Waals surface area contributed by atoms with Crippen LogP contribution in [0.3, 0.4) is 0 Å². The Morgan fingerprint density at radius 3 is 2.53 bits per heavy atom. The van der Waals surface area contributed by atoms with Crippen molar-refractivity contribution in [3.05, 3.63) is 28.0 Å². The standard InChI is InChI=1S/C11H14Cl2N2O3S/c1-11(2,19(3,17)18)6-15-10(16)7-4-9(13)14-5-8(7)12/h4-5H,6H2,1-3H3,(H,15,16). The number of rotatable bonds is 4. The molecule has 8 heteroatoms. The third-order valence-corrected chi connectivity index (χ3v) is 5.40. The van der Waals surface area contributed by atoms with E-state index in [0.717, 1.165) is 6.26 Å². The summed E-state index contributed by atoms with van der Waals surface area (Å²) in [5.41, 5.74) is 0.158. The minimum absolute atomic E-state index is 0.0268. The summed E-state index contributed by atoms with van der Waals surface area (Å²) in [6.45, 7) is 3.04. The van der Waals surface area contributed by atoms with E-state index in [0.29, 0.717) is 0 Å². The average Bonchev–Trinajstić information content (AvgIpc) is 2.28. The highest BCUT2D eigenvalue weighted by molar-refractivity contribution is 7.92. The van der Waals surface area contributed by atoms with Crippen LogP contribution in [0.25, 0.3) is 0 Å². The number of carbonyl (C=O) groups is 1. The van der Waals surface area contributed by atoms with Gasteiger partial charge in [-0.2, -0.15) is 0 Å². The molecule has 1 aromatic heterocycles. The largest absolute Gasteiger partial charge is 0.350 e. The molecule has 1 amide bonds. The van der Waals surface area contributed by atoms with Crippen molar-refractivity contribution in [2.45, 2.75) is 18.6 Å². The fraction of sp³-hybridized carbons (Fsp3) is 0.455. The molecule has 5 nitrogen and oxygen atoms in total. The summed E-state index contributed by atoms with van der Waals surface area (Å²) in [5, 5.41) is 2.81. The van der Waals surface area contributed by atoms with E-state index in [-0.39, 0.29) is 22.3 Å². The van der Waals surface area contributed by atoms with Crippen molar-refractivity contribution in [1.29, 1.82) is 0 Å². The van der Waals surface area contributed by atoms with E-state index in [1.807, 2.05) is 0 Å². The summed E-state index contributed by atoms with van der Waals surface area (Å²) < 4.78 is 22.0. The van der Waals surface area contributed by atoms with Crippen LogP contribution in [0.15, 0.2) is 12.3 Å². The van der Waals surface area contributed by atoms with Crippen LogP contribution in [0.4, 0.5) is 0 Å². The van der Waals surface area contributed by atoms with Crippen molar-refractivity contribution in [3.63, 3.8) is 0 Å². The Kier molecular flexibility index (Phi) is 4.81. The van der Waals surface area contributed by atoms with E-state index >= 15 is 0 Å². The Balaban J connectivity index is 2.85. The van der Waals surface area contributed by atoms with Crippen molar-refractivity contribution in [2.24, 2.45) is 0 Å². The zero-order valence-electron chi connectivity index (χ0n) is 10.7. The molecular formula is C11H14Cl2N2O3S. The topological polar surface area (TPSA) is 76.1 Å². The van der Waals surface area contributed by atoms with Crippen molar-refractivity contribution < 1.29 is 13.2 Å². The fourth-order valence-corrected chi connectivity index (χ4v) is 1.79. The Morgan fingerprint density at radius 2 is 2.00 bits per heavy atom. The van der Waals surface area contributed by atoms with Gasteiger partial charge in [0.15, 0.2) is 9.84 Å². The molecule has 0 aliphatic rings. The van der Waals surface area contributed by atoms with Crippen LogP contribution in [0.5, 0.6) is 0 Å². The number of pyridine rings is 1. The Bertz CT molecular complexity index is 600. The van der Waals surface area contributed by atoms with Gasteiger partial charge in [0.25, 0.3) is 5.91 Å². The highest BCUT2D eigenvalue weighted by Crippen LogP contribution is 2.19. The predicted octanol–water partition coefficient (Wildman–Crippen LogP) is 1.94. The first-order chi connectivity index (χ1) is 8.54. The first-order valence-corrected chi connectivity index (χ1v) is 7.98. The van der Waals surface area contributed by atoms with E-state index in [2.05, 4.69) is 10.3 Å². The lowest BCUT2D eigenvalue weighted by atomic mass is 10.2. The average molecular weight is 325 g/mol. The number of hydrogen-bond acceptors (Lipinski definition) is 4. The molecule has 0 unspecified atom stereocenters. The number of halogens is 2. The molecule has 0 aromatic carbocycles. The van der Waals surface area contributed by atoms with Crippen molar-refractivity contribution >= 4 is 38.9 Å². The molecule has 0 aliphatic carbocycles. The number of nitrogens with zero attached hydrogens (tertiary/aromatic N) is 1. The quantitative estimate of drug-likeness (QED) is 0.859. The smallest absolute Gasteiger partial charge is 0.253 e. The zero-order chi connectivity index (χ0) is 14.8. The van der Waals surface area contributed by atoms with Gasteiger partial charge in [0.1, 0.15) is 5.15 Å². The molecule has 106 valence electrons. The number of nitrogens with one attached hydrogen (secondary N) is 1. The van der Waals surface area contributed by atoms with Gasteiger partial charge in [0.05, 0.1) is 15.3 Å². The minimum Gasteiger partial charge on any atom is -0.350 e. The molecule has 0 saturated carbocycles. The Morgan fingerprint density at radius 1 is 1.42 bits per heavy atom. The molecule has 0 atom stereocenters. The second-order valence-corrected chi connectivity index (χ2v) is 8.15. The van der Waals surface area contributed by atoms with Crippen molar-refractivity contribution in [2.75, 3.05) is 12.8 Å². The van der Waals surface area contributed by atoms with Crippen LogP contribution < -0.4 is 5.32 Å². The number of carbonyl (C=O) groups excluding carboxylic acids is 1. The summed E-state index contributed by atoms with van der Waals surface area (Å²) in [6, 6.07) is 1.33. The van der Waals surface area contributed by atoms with E-state index < -0.39 is 20.5 Å². The molecule has 1 N–H and O–H groups in total. The van der Waals surface area contributed by atoms with Crippen LogP contribution in [0.2, 0.25) is 10.2 Å². The molecule has 0 aliphatic heterocycles. The zero-order valence-corrected chi connectivity index (χ0v) is 13.0. The SMILES string of the molecule is CC(C)(CNC(=O)c1cc(Cl)ncc1Cl)S(C)(=O)=O. The van der Waals surface area contributed by atoms with E-state index in [1.165, 1.54) is 26.1 Å². The summed E-state index contributed by atoms with van der Waals surface area (Å²) in [5.74, 6) is -0.494. The van der Waals surface area contributed by atoms with Gasteiger partial charge >= 0.3 is 0 Å². The number of hydrogen-bond donors (Lipinski definition) is 1. The van der Waals surface area contributed by atoms with Crippen LogP contribution in [-0.4, -0.2) is 36.9 Å². The van der Waals surface area contributed by atoms with Gasteiger partial charge in [0, 0.05) is 19.0 Å². The van der Waals surface area contributed by atoms with Crippen LogP contribution >= 0.6 is 23.2 Å². The molecule has 0 saturated heterocycles. The number of sulfone groups is 1. The Hall–Kier alpha value is -0.850. The maximum absolute atomic E-state index is 11.9. The highest BCUT2D eigenvalue weighted by Gasteiger charge is 2.30. The molecule has 0 bridgehead atoms. The molecule has 1 rings (SSSR count). The molecular weight excluding hydrogens is 311 g/mol. The van der Waals surface area contributed by atoms with Gasteiger partial charge in [-0.05, 0) is 19.9 Å². The van der Waals surface area contributed by atoms with Gasteiger partial charge in [-0.1, -0.05) is 23.2 Å². The lowest BCUT2D eigenvalue weighted by molar-refractivity contribution is 0.0950. The van der Waals surface area contributed by atoms with Crippen molar-refractivity contribution in [3.8, 4) is 0 Å². The van der Waals surface area contributed by atoms with Gasteiger partial charge in [-0.25, -0.2) is 13.4 Å². The maximum atomic E-state index is 11.9. The number of aromatic nitrogens is 1. The predicted molar refractivity (Wildman–Crippen MR) is 75.5 cm³/mol. The van der Waals surface area contributed by atoms with E-state index in [9.17, 15) is 13.2 Å². The third kappa shape index (κ3) is 4.06. The summed E-state index contributed by atoms with van der Waals surface area (Å²) in [4.78, 5) is 15.6. The van der Waals surface area contributed by atoms with Crippen LogP contribution in [0, 0.1) is 0 Å². The first-order valence-electron chi connectivity index (χ1n) is 5.33. The van der Waals surface area contributed by atoms with Gasteiger partial charge in [-0.15, -0.1) is 0 Å². The monoisotopic (exact) mass is 324 g/mol. The van der Waals surface area contributed by atoms with E-state index in [4.69, 9.17) is 23.2 Å². The Labute approximate surface area is 122 Å². The minimum atomic E-state index is -3.28. The lowest BCUT2D eigenvalue weighted by Gasteiger charge is -2.22. The maximum Gasteiger partial charge on any atom is 0.253 e. The molecule has 1 aromatic rings. The molecule has 0 fully saturated rings. The van der Waals surface area contributed by atoms with Crippen LogP contribution in [0.1, 0.15) is 24.2 Å². The van der Waals surface area contributed by atoms with Crippen LogP contribution in [-0.2, 0) is 9.84 Å². The summed E-state index contributed by atoms with van der Waals surface area (Å²) >= 11 is 11.5. The third-order valence-electron chi connectivity index (χ3n) is 2.75. The highest BCUT2D eigenvalue weighted by atomic mass is 35.5. The fourth-order valence-electron chi connectivity index (χ4n) is 1.11. The second-order valence-electron chi connectivity index (χ2n) is 4.70. The van der Waals surface area contributed by atoms with Gasteiger partial charge < -0.3 is 5.32 Å². The van der Waals surface area contributed by atoms with E-state index in [1.54, 1.807) is 0 Å². The second kappa shape index (κ2) is 5.64. The molecule has 0 spiro atoms. The van der Waals surface area contributed by atoms with Crippen molar-refractivity contribution in [1.82, 2.24) is 10.3 Å². The molecule has 0 radical (unpaired) electrons. The number of amides is 1. The first kappa shape index (κ1) is 16.2. The normalized spacial score (nSPS) is 12.3. The molecule has 19 heavy (non-hydrogen) atoms.